The summed E-state index contributed by atoms with van der Waals surface area (Å²) < 4.78 is 10.4. The summed E-state index contributed by atoms with van der Waals surface area (Å²) >= 11 is 0. The van der Waals surface area contributed by atoms with Gasteiger partial charge in [-0.25, -0.2) is 0 Å². The molecule has 1 atom stereocenters. The lowest BCUT2D eigenvalue weighted by Crippen LogP contribution is -2.50. The second-order valence-electron chi connectivity index (χ2n) is 4.98. The number of hydrogen-bond acceptors (Lipinski definition) is 3. The van der Waals surface area contributed by atoms with Crippen molar-refractivity contribution < 1.29 is 13.9 Å². The van der Waals surface area contributed by atoms with E-state index in [0.717, 1.165) is 32.2 Å². The summed E-state index contributed by atoms with van der Waals surface area (Å²) in [6, 6.07) is 1.73. The fourth-order valence-electron chi connectivity index (χ4n) is 3.01. The Labute approximate surface area is 108 Å². The molecule has 1 aliphatic rings. The Balaban J connectivity index is 2.21. The average Bonchev–Trinajstić information content (AvgIpc) is 2.98. The summed E-state index contributed by atoms with van der Waals surface area (Å²) in [6.45, 7) is 3.58. The number of amides is 1. The van der Waals surface area contributed by atoms with Crippen molar-refractivity contribution in [2.45, 2.75) is 38.1 Å². The van der Waals surface area contributed by atoms with Crippen molar-refractivity contribution in [3.05, 3.63) is 24.2 Å². The van der Waals surface area contributed by atoms with Gasteiger partial charge in [-0.1, -0.05) is 13.3 Å². The van der Waals surface area contributed by atoms with E-state index in [1.54, 1.807) is 19.4 Å². The van der Waals surface area contributed by atoms with Crippen LogP contribution in [0.3, 0.4) is 0 Å². The Hall–Kier alpha value is -1.29. The van der Waals surface area contributed by atoms with Crippen molar-refractivity contribution in [2.75, 3.05) is 20.3 Å². The molecular formula is C14H21NO3. The fourth-order valence-corrected chi connectivity index (χ4v) is 3.01. The van der Waals surface area contributed by atoms with Crippen molar-refractivity contribution in [2.24, 2.45) is 0 Å². The molecule has 0 aromatic carbocycles. The van der Waals surface area contributed by atoms with Crippen LogP contribution in [0.15, 0.2) is 23.0 Å². The molecule has 0 bridgehead atoms. The van der Waals surface area contributed by atoms with Gasteiger partial charge < -0.3 is 14.1 Å². The summed E-state index contributed by atoms with van der Waals surface area (Å²) in [6.07, 6.45) is 7.18. The second kappa shape index (κ2) is 5.57. The number of carbonyl (C=O) groups is 1. The Morgan fingerprint density at radius 2 is 2.44 bits per heavy atom. The highest BCUT2D eigenvalue weighted by atomic mass is 16.5. The molecule has 1 aliphatic heterocycles. The molecule has 2 rings (SSSR count). The number of methoxy groups -OCH3 is 1. The Morgan fingerprint density at radius 3 is 3.06 bits per heavy atom. The molecule has 0 aliphatic carbocycles. The molecular weight excluding hydrogens is 230 g/mol. The van der Waals surface area contributed by atoms with E-state index in [2.05, 4.69) is 6.92 Å². The quantitative estimate of drug-likeness (QED) is 0.808. The molecule has 0 saturated carbocycles. The van der Waals surface area contributed by atoms with Crippen molar-refractivity contribution in [3.8, 4) is 0 Å². The standard InChI is InChI=1S/C14H21NO3/c1-3-6-14(11-17-2)7-4-8-15(14)13(16)12-5-9-18-10-12/h5,9-10H,3-4,6-8,11H2,1-2H3/t14-/m0/s1. The van der Waals surface area contributed by atoms with Crippen LogP contribution >= 0.6 is 0 Å². The molecule has 1 amide bonds. The lowest BCUT2D eigenvalue weighted by atomic mass is 9.91. The van der Waals surface area contributed by atoms with E-state index in [1.807, 2.05) is 4.90 Å². The first-order valence-electron chi connectivity index (χ1n) is 6.56. The van der Waals surface area contributed by atoms with Crippen molar-refractivity contribution in [3.63, 3.8) is 0 Å². The number of nitrogens with zero attached hydrogens (tertiary/aromatic N) is 1. The van der Waals surface area contributed by atoms with E-state index >= 15 is 0 Å². The van der Waals surface area contributed by atoms with Crippen LogP contribution in [0.4, 0.5) is 0 Å². The summed E-state index contributed by atoms with van der Waals surface area (Å²) in [7, 11) is 1.70. The van der Waals surface area contributed by atoms with Crippen LogP contribution in [-0.4, -0.2) is 36.6 Å². The first-order chi connectivity index (χ1) is 8.73. The van der Waals surface area contributed by atoms with Gasteiger partial charge in [0, 0.05) is 13.7 Å². The maximum absolute atomic E-state index is 12.5. The molecule has 18 heavy (non-hydrogen) atoms. The van der Waals surface area contributed by atoms with Crippen LogP contribution in [0, 0.1) is 0 Å². The number of rotatable bonds is 5. The van der Waals surface area contributed by atoms with Gasteiger partial charge in [0.15, 0.2) is 0 Å². The van der Waals surface area contributed by atoms with E-state index in [4.69, 9.17) is 9.15 Å². The monoisotopic (exact) mass is 251 g/mol. The summed E-state index contributed by atoms with van der Waals surface area (Å²) in [5, 5.41) is 0. The minimum atomic E-state index is -0.127. The molecule has 1 aromatic rings. The third kappa shape index (κ3) is 2.29. The Morgan fingerprint density at radius 1 is 1.61 bits per heavy atom. The molecule has 100 valence electrons. The van der Waals surface area contributed by atoms with Gasteiger partial charge in [-0.3, -0.25) is 4.79 Å². The highest BCUT2D eigenvalue weighted by molar-refractivity contribution is 5.94. The Bertz CT molecular complexity index is 380. The summed E-state index contributed by atoms with van der Waals surface area (Å²) in [5.74, 6) is 0.0618. The molecule has 4 nitrogen and oxygen atoms in total. The molecule has 1 fully saturated rings. The van der Waals surface area contributed by atoms with Crippen LogP contribution in [0.2, 0.25) is 0 Å². The van der Waals surface area contributed by atoms with Gasteiger partial charge in [0.25, 0.3) is 5.91 Å². The summed E-state index contributed by atoms with van der Waals surface area (Å²) in [5.41, 5.74) is 0.506. The van der Waals surface area contributed by atoms with Crippen LogP contribution in [-0.2, 0) is 4.74 Å². The van der Waals surface area contributed by atoms with Gasteiger partial charge in [-0.2, -0.15) is 0 Å². The van der Waals surface area contributed by atoms with Crippen LogP contribution in [0.5, 0.6) is 0 Å². The first-order valence-corrected chi connectivity index (χ1v) is 6.56. The topological polar surface area (TPSA) is 42.7 Å². The molecule has 0 spiro atoms. The van der Waals surface area contributed by atoms with E-state index in [9.17, 15) is 4.79 Å². The second-order valence-corrected chi connectivity index (χ2v) is 4.98. The minimum absolute atomic E-state index is 0.0618. The predicted molar refractivity (Wildman–Crippen MR) is 68.5 cm³/mol. The molecule has 1 aromatic heterocycles. The predicted octanol–water partition coefficient (Wildman–Crippen LogP) is 2.70. The van der Waals surface area contributed by atoms with Gasteiger partial charge >= 0.3 is 0 Å². The zero-order chi connectivity index (χ0) is 13.0. The van der Waals surface area contributed by atoms with E-state index in [-0.39, 0.29) is 11.4 Å². The zero-order valence-electron chi connectivity index (χ0n) is 11.1. The molecule has 4 heteroatoms. The highest BCUT2D eigenvalue weighted by Crippen LogP contribution is 2.35. The maximum Gasteiger partial charge on any atom is 0.257 e. The van der Waals surface area contributed by atoms with Gasteiger partial charge in [0.05, 0.1) is 24.0 Å². The van der Waals surface area contributed by atoms with Crippen LogP contribution < -0.4 is 0 Å². The van der Waals surface area contributed by atoms with Crippen molar-refractivity contribution in [1.82, 2.24) is 4.90 Å². The molecule has 0 radical (unpaired) electrons. The van der Waals surface area contributed by atoms with E-state index in [1.165, 1.54) is 6.26 Å². The fraction of sp³-hybridized carbons (Fsp3) is 0.643. The van der Waals surface area contributed by atoms with Gasteiger partial charge in [0.1, 0.15) is 6.26 Å². The first kappa shape index (κ1) is 13.1. The Kier molecular flexibility index (Phi) is 4.07. The van der Waals surface area contributed by atoms with Crippen LogP contribution in [0.1, 0.15) is 43.0 Å². The van der Waals surface area contributed by atoms with Gasteiger partial charge in [-0.05, 0) is 25.3 Å². The SMILES string of the molecule is CCC[C@@]1(COC)CCCN1C(=O)c1ccoc1. The molecule has 2 heterocycles. The van der Waals surface area contributed by atoms with Gasteiger partial charge in [-0.15, -0.1) is 0 Å². The molecule has 0 unspecified atom stereocenters. The van der Waals surface area contributed by atoms with Crippen LogP contribution in [0.25, 0.3) is 0 Å². The molecule has 1 saturated heterocycles. The normalized spacial score (nSPS) is 23.6. The van der Waals surface area contributed by atoms with Crippen molar-refractivity contribution in [1.29, 1.82) is 0 Å². The number of carbonyl (C=O) groups excluding carboxylic acids is 1. The largest absolute Gasteiger partial charge is 0.472 e. The maximum atomic E-state index is 12.5. The van der Waals surface area contributed by atoms with E-state index < -0.39 is 0 Å². The molecule has 0 N–H and O–H groups in total. The van der Waals surface area contributed by atoms with Gasteiger partial charge in [0.2, 0.25) is 0 Å². The van der Waals surface area contributed by atoms with E-state index in [0.29, 0.717) is 12.2 Å². The zero-order valence-corrected chi connectivity index (χ0v) is 11.1. The lowest BCUT2D eigenvalue weighted by molar-refractivity contribution is 0.0254. The highest BCUT2D eigenvalue weighted by Gasteiger charge is 2.43. The number of likely N-dealkylation sites (tertiary alicyclic amines) is 1. The minimum Gasteiger partial charge on any atom is -0.472 e. The summed E-state index contributed by atoms with van der Waals surface area (Å²) in [4.78, 5) is 14.5. The number of ether oxygens (including phenoxy) is 1. The smallest absolute Gasteiger partial charge is 0.257 e. The third-order valence-corrected chi connectivity index (χ3v) is 3.74. The van der Waals surface area contributed by atoms with Crippen molar-refractivity contribution >= 4 is 5.91 Å². The third-order valence-electron chi connectivity index (χ3n) is 3.74. The number of hydrogen-bond donors (Lipinski definition) is 0. The average molecular weight is 251 g/mol. The number of furan rings is 1. The lowest BCUT2D eigenvalue weighted by Gasteiger charge is -2.38.